The van der Waals surface area contributed by atoms with Crippen molar-refractivity contribution < 1.29 is 14.6 Å². The molecule has 0 aliphatic heterocycles. The second-order valence-corrected chi connectivity index (χ2v) is 5.69. The Balaban J connectivity index is 1.88. The van der Waals surface area contributed by atoms with E-state index >= 15 is 0 Å². The Morgan fingerprint density at radius 2 is 1.79 bits per heavy atom. The summed E-state index contributed by atoms with van der Waals surface area (Å²) >= 11 is 0. The molecule has 0 spiro atoms. The number of hydrogen-bond donors (Lipinski definition) is 1. The van der Waals surface area contributed by atoms with Crippen LogP contribution >= 0.6 is 0 Å². The Hall–Kier alpha value is -2.55. The molecule has 0 heterocycles. The third-order valence-corrected chi connectivity index (χ3v) is 3.76. The molecule has 1 N–H and O–H groups in total. The molecule has 0 aliphatic carbocycles. The molecule has 0 atom stereocenters. The van der Waals surface area contributed by atoms with Crippen LogP contribution in [-0.2, 0) is 0 Å². The summed E-state index contributed by atoms with van der Waals surface area (Å²) in [4.78, 5) is 12.2. The van der Waals surface area contributed by atoms with Crippen molar-refractivity contribution in [2.75, 3.05) is 6.61 Å². The fraction of sp³-hybridized carbons (Fsp3) is 0.286. The van der Waals surface area contributed by atoms with E-state index in [4.69, 9.17) is 4.74 Å². The fourth-order valence-corrected chi connectivity index (χ4v) is 2.32. The smallest absolute Gasteiger partial charge is 0.185 e. The summed E-state index contributed by atoms with van der Waals surface area (Å²) < 4.78 is 5.67. The van der Waals surface area contributed by atoms with Crippen LogP contribution in [0.1, 0.15) is 48.5 Å². The Morgan fingerprint density at radius 1 is 1.04 bits per heavy atom. The van der Waals surface area contributed by atoms with Gasteiger partial charge in [0.05, 0.1) is 6.61 Å². The van der Waals surface area contributed by atoms with Crippen LogP contribution in [-0.4, -0.2) is 17.5 Å². The highest BCUT2D eigenvalue weighted by atomic mass is 16.5. The Bertz CT molecular complexity index is 672. The number of carbonyl (C=O) groups is 1. The molecule has 0 radical (unpaired) electrons. The molecular weight excluding hydrogens is 300 g/mol. The lowest BCUT2D eigenvalue weighted by Gasteiger charge is -2.06. The second kappa shape index (κ2) is 9.56. The normalized spacial score (nSPS) is 10.9. The molecule has 3 nitrogen and oxygen atoms in total. The first-order valence-electron chi connectivity index (χ1n) is 8.44. The van der Waals surface area contributed by atoms with Gasteiger partial charge in [-0.05, 0) is 48.9 Å². The zero-order valence-corrected chi connectivity index (χ0v) is 14.1. The molecular formula is C21H24O3. The summed E-state index contributed by atoms with van der Waals surface area (Å²) in [6.07, 6.45) is 7.78. The standard InChI is InChI=1S/C21H24O3/c1-2-3-4-7-16-24-19-13-10-18(11-14-19)21(23)15-12-17-8-5-6-9-20(17)22/h5-6,8-15,22H,2-4,7,16H2,1H3. The first kappa shape index (κ1) is 17.8. The predicted octanol–water partition coefficient (Wildman–Crippen LogP) is 5.25. The molecule has 0 amide bonds. The van der Waals surface area contributed by atoms with Crippen molar-refractivity contribution in [1.82, 2.24) is 0 Å². The van der Waals surface area contributed by atoms with Gasteiger partial charge in [0.15, 0.2) is 5.78 Å². The van der Waals surface area contributed by atoms with Crippen molar-refractivity contribution in [3.05, 3.63) is 65.7 Å². The fourth-order valence-electron chi connectivity index (χ4n) is 2.32. The van der Waals surface area contributed by atoms with Gasteiger partial charge in [-0.2, -0.15) is 0 Å². The van der Waals surface area contributed by atoms with E-state index in [0.717, 1.165) is 12.2 Å². The molecule has 0 fully saturated rings. The van der Waals surface area contributed by atoms with Gasteiger partial charge >= 0.3 is 0 Å². The topological polar surface area (TPSA) is 46.5 Å². The van der Waals surface area contributed by atoms with E-state index in [2.05, 4.69) is 6.92 Å². The molecule has 2 aromatic carbocycles. The molecule has 2 rings (SSSR count). The number of carbonyl (C=O) groups excluding carboxylic acids is 1. The largest absolute Gasteiger partial charge is 0.507 e. The van der Waals surface area contributed by atoms with E-state index in [1.54, 1.807) is 36.4 Å². The summed E-state index contributed by atoms with van der Waals surface area (Å²) in [6, 6.07) is 14.1. The van der Waals surface area contributed by atoms with Crippen molar-refractivity contribution in [3.8, 4) is 11.5 Å². The van der Waals surface area contributed by atoms with E-state index in [0.29, 0.717) is 17.7 Å². The summed E-state index contributed by atoms with van der Waals surface area (Å²) in [5, 5.41) is 9.69. The minimum absolute atomic E-state index is 0.104. The quantitative estimate of drug-likeness (QED) is 0.389. The third-order valence-electron chi connectivity index (χ3n) is 3.76. The number of benzene rings is 2. The highest BCUT2D eigenvalue weighted by molar-refractivity contribution is 6.07. The number of ketones is 1. The number of unbranched alkanes of at least 4 members (excludes halogenated alkanes) is 3. The molecule has 0 unspecified atom stereocenters. The lowest BCUT2D eigenvalue weighted by molar-refractivity contribution is 0.104. The van der Waals surface area contributed by atoms with E-state index in [1.165, 1.54) is 25.3 Å². The van der Waals surface area contributed by atoms with E-state index in [-0.39, 0.29) is 11.5 Å². The summed E-state index contributed by atoms with van der Waals surface area (Å²) in [5.74, 6) is 0.842. The zero-order chi connectivity index (χ0) is 17.2. The van der Waals surface area contributed by atoms with E-state index in [9.17, 15) is 9.90 Å². The minimum Gasteiger partial charge on any atom is -0.507 e. The summed E-state index contributed by atoms with van der Waals surface area (Å²) in [5.41, 5.74) is 1.22. The van der Waals surface area contributed by atoms with Crippen LogP contribution in [0.15, 0.2) is 54.6 Å². The lowest BCUT2D eigenvalue weighted by Crippen LogP contribution is -1.98. The van der Waals surface area contributed by atoms with Crippen molar-refractivity contribution >= 4 is 11.9 Å². The molecule has 126 valence electrons. The zero-order valence-electron chi connectivity index (χ0n) is 14.1. The van der Waals surface area contributed by atoms with Crippen molar-refractivity contribution in [3.63, 3.8) is 0 Å². The lowest BCUT2D eigenvalue weighted by atomic mass is 10.1. The Morgan fingerprint density at radius 3 is 2.50 bits per heavy atom. The molecule has 24 heavy (non-hydrogen) atoms. The monoisotopic (exact) mass is 324 g/mol. The van der Waals surface area contributed by atoms with Gasteiger partial charge in [0, 0.05) is 11.1 Å². The maximum absolute atomic E-state index is 12.2. The van der Waals surface area contributed by atoms with Crippen molar-refractivity contribution in [2.24, 2.45) is 0 Å². The number of phenols is 1. The first-order valence-corrected chi connectivity index (χ1v) is 8.44. The van der Waals surface area contributed by atoms with Gasteiger partial charge in [0.2, 0.25) is 0 Å². The van der Waals surface area contributed by atoms with Crippen molar-refractivity contribution in [2.45, 2.75) is 32.6 Å². The summed E-state index contributed by atoms with van der Waals surface area (Å²) in [7, 11) is 0. The predicted molar refractivity (Wildman–Crippen MR) is 97.6 cm³/mol. The number of aromatic hydroxyl groups is 1. The second-order valence-electron chi connectivity index (χ2n) is 5.69. The minimum atomic E-state index is -0.104. The van der Waals surface area contributed by atoms with Crippen LogP contribution in [0.5, 0.6) is 11.5 Å². The molecule has 0 saturated carbocycles. The van der Waals surface area contributed by atoms with Crippen molar-refractivity contribution in [1.29, 1.82) is 0 Å². The number of phenolic OH excluding ortho intramolecular Hbond substituents is 1. The molecule has 0 saturated heterocycles. The van der Waals surface area contributed by atoms with Gasteiger partial charge in [0.1, 0.15) is 11.5 Å². The number of rotatable bonds is 9. The van der Waals surface area contributed by atoms with E-state index < -0.39 is 0 Å². The highest BCUT2D eigenvalue weighted by Gasteiger charge is 2.03. The maximum Gasteiger partial charge on any atom is 0.185 e. The molecule has 3 heteroatoms. The van der Waals surface area contributed by atoms with Crippen LogP contribution in [0.25, 0.3) is 6.08 Å². The van der Waals surface area contributed by atoms with Gasteiger partial charge in [-0.1, -0.05) is 44.4 Å². The van der Waals surface area contributed by atoms with Gasteiger partial charge in [-0.25, -0.2) is 0 Å². The number of para-hydroxylation sites is 1. The maximum atomic E-state index is 12.2. The van der Waals surface area contributed by atoms with E-state index in [1.807, 2.05) is 18.2 Å². The average Bonchev–Trinajstić information content (AvgIpc) is 2.61. The number of allylic oxidation sites excluding steroid dienone is 1. The highest BCUT2D eigenvalue weighted by Crippen LogP contribution is 2.18. The molecule has 0 bridgehead atoms. The molecule has 0 aliphatic rings. The Labute approximate surface area is 143 Å². The van der Waals surface area contributed by atoms with Gasteiger partial charge < -0.3 is 9.84 Å². The average molecular weight is 324 g/mol. The van der Waals surface area contributed by atoms with Gasteiger partial charge in [0.25, 0.3) is 0 Å². The number of ether oxygens (including phenoxy) is 1. The molecule has 0 aromatic heterocycles. The third kappa shape index (κ3) is 5.58. The SMILES string of the molecule is CCCCCCOc1ccc(C(=O)C=Cc2ccccc2O)cc1. The van der Waals surface area contributed by atoms with Gasteiger partial charge in [-0.15, -0.1) is 0 Å². The van der Waals surface area contributed by atoms with Gasteiger partial charge in [-0.3, -0.25) is 4.79 Å². The van der Waals surface area contributed by atoms with Crippen LogP contribution in [0.3, 0.4) is 0 Å². The van der Waals surface area contributed by atoms with Crippen LogP contribution in [0.4, 0.5) is 0 Å². The molecule has 2 aromatic rings. The first-order chi connectivity index (χ1) is 11.7. The van der Waals surface area contributed by atoms with Crippen LogP contribution in [0.2, 0.25) is 0 Å². The number of hydrogen-bond acceptors (Lipinski definition) is 3. The van der Waals surface area contributed by atoms with Crippen LogP contribution < -0.4 is 4.74 Å². The summed E-state index contributed by atoms with van der Waals surface area (Å²) in [6.45, 7) is 2.89. The van der Waals surface area contributed by atoms with Crippen LogP contribution in [0, 0.1) is 0 Å². The Kier molecular flexibility index (Phi) is 7.09.